The number of rotatable bonds is 2. The van der Waals surface area contributed by atoms with E-state index in [9.17, 15) is 4.79 Å². The minimum atomic E-state index is -0.539. The van der Waals surface area contributed by atoms with E-state index >= 15 is 0 Å². The number of fused-ring (bicyclic) bond motifs is 1. The van der Waals surface area contributed by atoms with Crippen molar-refractivity contribution in [1.82, 2.24) is 0 Å². The van der Waals surface area contributed by atoms with Gasteiger partial charge in [0.25, 0.3) is 0 Å². The Balaban J connectivity index is 2.64. The molecule has 4 heteroatoms. The van der Waals surface area contributed by atoms with Crippen molar-refractivity contribution in [3.63, 3.8) is 0 Å². The van der Waals surface area contributed by atoms with E-state index in [0.29, 0.717) is 5.02 Å². The van der Waals surface area contributed by atoms with Crippen molar-refractivity contribution in [1.29, 1.82) is 0 Å². The highest BCUT2D eigenvalue weighted by Crippen LogP contribution is 2.43. The largest absolute Gasteiger partial charge is 0.325 e. The Kier molecular flexibility index (Phi) is 2.92. The topological polar surface area (TPSA) is 55.1 Å². The van der Waals surface area contributed by atoms with Crippen LogP contribution in [0, 0.1) is 0 Å². The first-order valence-electron chi connectivity index (χ1n) is 5.79. The number of carbonyl (C=O) groups excluding carboxylic acids is 1. The van der Waals surface area contributed by atoms with Crippen molar-refractivity contribution in [3.05, 3.63) is 28.3 Å². The van der Waals surface area contributed by atoms with E-state index < -0.39 is 5.41 Å². The second kappa shape index (κ2) is 4.00. The molecule has 0 aromatic heterocycles. The number of carbonyl (C=O) groups is 1. The maximum Gasteiger partial charge on any atom is 0.234 e. The molecule has 1 aromatic carbocycles. The van der Waals surface area contributed by atoms with Gasteiger partial charge in [-0.25, -0.2) is 0 Å². The molecule has 1 atom stereocenters. The number of amides is 1. The second-order valence-electron chi connectivity index (χ2n) is 5.01. The van der Waals surface area contributed by atoms with Gasteiger partial charge < -0.3 is 11.1 Å². The predicted octanol–water partition coefficient (Wildman–Crippen LogP) is 2.98. The van der Waals surface area contributed by atoms with Crippen molar-refractivity contribution in [2.75, 3.05) is 5.32 Å². The number of hydrogen-bond donors (Lipinski definition) is 2. The fourth-order valence-corrected chi connectivity index (χ4v) is 2.39. The van der Waals surface area contributed by atoms with E-state index in [0.717, 1.165) is 23.2 Å². The fraction of sp³-hybridized carbons (Fsp3) is 0.462. The molecule has 1 aliphatic rings. The first-order chi connectivity index (χ1) is 7.87. The molecular formula is C13H17ClN2O. The van der Waals surface area contributed by atoms with Gasteiger partial charge in [0.2, 0.25) is 5.91 Å². The summed E-state index contributed by atoms with van der Waals surface area (Å²) in [7, 11) is 0. The van der Waals surface area contributed by atoms with Crippen LogP contribution in [0.4, 0.5) is 5.69 Å². The smallest absolute Gasteiger partial charge is 0.234 e. The van der Waals surface area contributed by atoms with E-state index in [-0.39, 0.29) is 11.9 Å². The minimum Gasteiger partial charge on any atom is -0.325 e. The zero-order chi connectivity index (χ0) is 12.8. The lowest BCUT2D eigenvalue weighted by atomic mass is 9.84. The third-order valence-corrected chi connectivity index (χ3v) is 3.67. The molecule has 92 valence electrons. The van der Waals surface area contributed by atoms with Crippen molar-refractivity contribution >= 4 is 23.2 Å². The van der Waals surface area contributed by atoms with Crippen molar-refractivity contribution < 1.29 is 4.79 Å². The van der Waals surface area contributed by atoms with Crippen LogP contribution >= 0.6 is 11.6 Å². The highest BCUT2D eigenvalue weighted by Gasteiger charge is 2.40. The lowest BCUT2D eigenvalue weighted by molar-refractivity contribution is -0.119. The Bertz CT molecular complexity index is 483. The summed E-state index contributed by atoms with van der Waals surface area (Å²) in [6, 6.07) is 3.59. The average Bonchev–Trinajstić information content (AvgIpc) is 2.50. The first-order valence-corrected chi connectivity index (χ1v) is 6.16. The van der Waals surface area contributed by atoms with Gasteiger partial charge in [-0.2, -0.15) is 0 Å². The van der Waals surface area contributed by atoms with Crippen LogP contribution in [0.2, 0.25) is 5.02 Å². The summed E-state index contributed by atoms with van der Waals surface area (Å²) in [5.41, 5.74) is 8.23. The molecule has 0 saturated heterocycles. The number of nitrogens with one attached hydrogen (secondary N) is 1. The van der Waals surface area contributed by atoms with E-state index in [4.69, 9.17) is 17.3 Å². The predicted molar refractivity (Wildman–Crippen MR) is 70.3 cm³/mol. The molecule has 0 saturated carbocycles. The van der Waals surface area contributed by atoms with Crippen molar-refractivity contribution in [3.8, 4) is 0 Å². The maximum atomic E-state index is 11.9. The molecule has 1 unspecified atom stereocenters. The molecule has 0 aliphatic carbocycles. The standard InChI is InChI=1S/C13H17ClN2O/c1-4-10(15)8-5-7(14)6-9-11(8)16-12(17)13(9,2)3/h5-6,10H,4,15H2,1-3H3,(H,16,17). The van der Waals surface area contributed by atoms with E-state index in [1.807, 2.05) is 32.9 Å². The molecule has 0 radical (unpaired) electrons. The third-order valence-electron chi connectivity index (χ3n) is 3.45. The molecule has 3 nitrogen and oxygen atoms in total. The third kappa shape index (κ3) is 1.83. The van der Waals surface area contributed by atoms with Crippen LogP contribution < -0.4 is 11.1 Å². The van der Waals surface area contributed by atoms with Crippen molar-refractivity contribution in [2.45, 2.75) is 38.6 Å². The molecule has 0 bridgehead atoms. The lowest BCUT2D eigenvalue weighted by Gasteiger charge is -2.18. The Labute approximate surface area is 106 Å². The quantitative estimate of drug-likeness (QED) is 0.850. The number of halogens is 1. The summed E-state index contributed by atoms with van der Waals surface area (Å²) in [5.74, 6) is -0.000630. The average molecular weight is 253 g/mol. The molecular weight excluding hydrogens is 236 g/mol. The fourth-order valence-electron chi connectivity index (χ4n) is 2.16. The molecule has 0 spiro atoms. The lowest BCUT2D eigenvalue weighted by Crippen LogP contribution is -2.26. The Hall–Kier alpha value is -1.06. The molecule has 17 heavy (non-hydrogen) atoms. The van der Waals surface area contributed by atoms with Gasteiger partial charge in [-0.05, 0) is 43.5 Å². The summed E-state index contributed by atoms with van der Waals surface area (Å²) in [6.45, 7) is 5.80. The van der Waals surface area contributed by atoms with Crippen LogP contribution in [0.15, 0.2) is 12.1 Å². The summed E-state index contributed by atoms with van der Waals surface area (Å²) in [5, 5.41) is 3.55. The van der Waals surface area contributed by atoms with E-state index in [1.165, 1.54) is 0 Å². The zero-order valence-electron chi connectivity index (χ0n) is 10.3. The molecule has 1 heterocycles. The minimum absolute atomic E-state index is 0.000630. The number of anilines is 1. The first kappa shape index (κ1) is 12.4. The van der Waals surface area contributed by atoms with Crippen LogP contribution in [0.5, 0.6) is 0 Å². The van der Waals surface area contributed by atoms with Gasteiger partial charge in [-0.1, -0.05) is 18.5 Å². The van der Waals surface area contributed by atoms with Crippen molar-refractivity contribution in [2.24, 2.45) is 5.73 Å². The molecule has 1 amide bonds. The maximum absolute atomic E-state index is 11.9. The molecule has 3 N–H and O–H groups in total. The zero-order valence-corrected chi connectivity index (χ0v) is 11.1. The van der Waals surface area contributed by atoms with Crippen LogP contribution in [0.25, 0.3) is 0 Å². The molecule has 1 aromatic rings. The Morgan fingerprint density at radius 3 is 2.71 bits per heavy atom. The monoisotopic (exact) mass is 252 g/mol. The van der Waals surface area contributed by atoms with E-state index in [2.05, 4.69) is 5.32 Å². The van der Waals surface area contributed by atoms with Crippen LogP contribution in [-0.2, 0) is 10.2 Å². The summed E-state index contributed by atoms with van der Waals surface area (Å²) >= 11 is 6.11. The van der Waals surface area contributed by atoms with Gasteiger partial charge >= 0.3 is 0 Å². The molecule has 2 rings (SSSR count). The van der Waals surface area contributed by atoms with Crippen LogP contribution in [-0.4, -0.2) is 5.91 Å². The van der Waals surface area contributed by atoms with Gasteiger partial charge in [-0.3, -0.25) is 4.79 Å². The van der Waals surface area contributed by atoms with Gasteiger partial charge in [0, 0.05) is 16.8 Å². The molecule has 1 aliphatic heterocycles. The van der Waals surface area contributed by atoms with Gasteiger partial charge in [0.05, 0.1) is 5.41 Å². The number of nitrogens with two attached hydrogens (primary N) is 1. The second-order valence-corrected chi connectivity index (χ2v) is 5.45. The Morgan fingerprint density at radius 1 is 1.47 bits per heavy atom. The Morgan fingerprint density at radius 2 is 2.12 bits per heavy atom. The van der Waals surface area contributed by atoms with Crippen LogP contribution in [0.1, 0.15) is 44.4 Å². The summed E-state index contributed by atoms with van der Waals surface area (Å²) in [4.78, 5) is 11.9. The summed E-state index contributed by atoms with van der Waals surface area (Å²) in [6.07, 6.45) is 0.809. The highest BCUT2D eigenvalue weighted by atomic mass is 35.5. The summed E-state index contributed by atoms with van der Waals surface area (Å²) < 4.78 is 0. The van der Waals surface area contributed by atoms with Crippen LogP contribution in [0.3, 0.4) is 0 Å². The molecule has 0 fully saturated rings. The van der Waals surface area contributed by atoms with Gasteiger partial charge in [-0.15, -0.1) is 0 Å². The SMILES string of the molecule is CCC(N)c1cc(Cl)cc2c1NC(=O)C2(C)C. The van der Waals surface area contributed by atoms with Gasteiger partial charge in [0.1, 0.15) is 0 Å². The highest BCUT2D eigenvalue weighted by molar-refractivity contribution is 6.31. The van der Waals surface area contributed by atoms with Gasteiger partial charge in [0.15, 0.2) is 0 Å². The number of benzene rings is 1. The van der Waals surface area contributed by atoms with E-state index in [1.54, 1.807) is 0 Å². The number of hydrogen-bond acceptors (Lipinski definition) is 2. The normalized spacial score (nSPS) is 18.8.